The lowest BCUT2D eigenvalue weighted by atomic mass is 9.81. The minimum absolute atomic E-state index is 0.000520. The Kier molecular flexibility index (Phi) is 5.77. The van der Waals surface area contributed by atoms with E-state index < -0.39 is 0 Å². The predicted molar refractivity (Wildman–Crippen MR) is 78.7 cm³/mol. The third-order valence-corrected chi connectivity index (χ3v) is 4.11. The average molecular weight is 287 g/mol. The maximum absolute atomic E-state index is 12.1. The van der Waals surface area contributed by atoms with Gasteiger partial charge in [-0.25, -0.2) is 0 Å². The molecule has 0 N–H and O–H groups in total. The highest BCUT2D eigenvalue weighted by molar-refractivity contribution is 5.75. The number of carbonyl (C=O) groups is 1. The summed E-state index contributed by atoms with van der Waals surface area (Å²) in [4.78, 5) is 12.1. The van der Waals surface area contributed by atoms with Crippen LogP contribution < -0.4 is 4.74 Å². The Balaban J connectivity index is 1.80. The van der Waals surface area contributed by atoms with Gasteiger partial charge in [-0.2, -0.15) is 5.26 Å². The van der Waals surface area contributed by atoms with Crippen LogP contribution >= 0.6 is 0 Å². The van der Waals surface area contributed by atoms with E-state index >= 15 is 0 Å². The third-order valence-electron chi connectivity index (χ3n) is 4.11. The van der Waals surface area contributed by atoms with E-state index in [0.717, 1.165) is 38.7 Å². The van der Waals surface area contributed by atoms with Crippen molar-refractivity contribution >= 4 is 5.97 Å². The molecule has 1 fully saturated rings. The maximum Gasteiger partial charge on any atom is 0.314 e. The number of hydrogen-bond acceptors (Lipinski definition) is 4. The molecule has 0 aromatic heterocycles. The molecule has 1 saturated carbocycles. The first-order valence-corrected chi connectivity index (χ1v) is 7.43. The largest absolute Gasteiger partial charge is 0.426 e. The zero-order chi connectivity index (χ0) is 15.1. The normalized spacial score (nSPS) is 21.5. The molecule has 0 radical (unpaired) electrons. The second-order valence-electron chi connectivity index (χ2n) is 5.56. The van der Waals surface area contributed by atoms with Crippen molar-refractivity contribution in [2.24, 2.45) is 11.8 Å². The molecule has 1 aliphatic carbocycles. The van der Waals surface area contributed by atoms with Gasteiger partial charge in [0.1, 0.15) is 5.75 Å². The van der Waals surface area contributed by atoms with Gasteiger partial charge in [0.15, 0.2) is 0 Å². The van der Waals surface area contributed by atoms with Crippen LogP contribution in [0.15, 0.2) is 24.3 Å². The molecule has 0 amide bonds. The Hall–Kier alpha value is -1.86. The van der Waals surface area contributed by atoms with E-state index in [-0.39, 0.29) is 11.9 Å². The maximum atomic E-state index is 12.1. The number of methoxy groups -OCH3 is 1. The fraction of sp³-hybridized carbons (Fsp3) is 0.529. The molecular weight excluding hydrogens is 266 g/mol. The topological polar surface area (TPSA) is 59.3 Å². The van der Waals surface area contributed by atoms with Crippen molar-refractivity contribution in [2.75, 3.05) is 13.7 Å². The molecule has 1 aliphatic rings. The van der Waals surface area contributed by atoms with Crippen LogP contribution in [-0.4, -0.2) is 19.7 Å². The van der Waals surface area contributed by atoms with Crippen LogP contribution in [0.2, 0.25) is 0 Å². The zero-order valence-electron chi connectivity index (χ0n) is 12.4. The Bertz CT molecular complexity index is 496. The first-order chi connectivity index (χ1) is 10.2. The number of ether oxygens (including phenoxy) is 2. The number of rotatable bonds is 5. The van der Waals surface area contributed by atoms with Crippen LogP contribution in [0, 0.1) is 23.2 Å². The van der Waals surface area contributed by atoms with Crippen molar-refractivity contribution in [2.45, 2.75) is 32.1 Å². The van der Waals surface area contributed by atoms with Gasteiger partial charge in [-0.3, -0.25) is 4.79 Å². The molecule has 0 atom stereocenters. The summed E-state index contributed by atoms with van der Waals surface area (Å²) in [5, 5.41) is 8.73. The van der Waals surface area contributed by atoms with Gasteiger partial charge < -0.3 is 9.47 Å². The molecule has 0 bridgehead atoms. The number of benzene rings is 1. The standard InChI is InChI=1S/C17H21NO3/c1-20-11-10-13-2-6-15(7-3-13)17(19)21-16-8-4-14(12-18)5-9-16/h4-5,8-9,13,15H,2-3,6-7,10-11H2,1H3. The zero-order valence-corrected chi connectivity index (χ0v) is 12.4. The van der Waals surface area contributed by atoms with Gasteiger partial charge in [-0.05, 0) is 62.3 Å². The third kappa shape index (κ3) is 4.57. The van der Waals surface area contributed by atoms with Crippen LogP contribution in [0.3, 0.4) is 0 Å². The van der Waals surface area contributed by atoms with Gasteiger partial charge >= 0.3 is 5.97 Å². The fourth-order valence-electron chi connectivity index (χ4n) is 2.77. The molecule has 2 rings (SSSR count). The van der Waals surface area contributed by atoms with Crippen LogP contribution in [0.1, 0.15) is 37.7 Å². The van der Waals surface area contributed by atoms with Crippen molar-refractivity contribution in [1.82, 2.24) is 0 Å². The monoisotopic (exact) mass is 287 g/mol. The fourth-order valence-corrected chi connectivity index (χ4v) is 2.77. The van der Waals surface area contributed by atoms with Crippen molar-refractivity contribution in [3.63, 3.8) is 0 Å². The van der Waals surface area contributed by atoms with Gasteiger partial charge in [0.25, 0.3) is 0 Å². The Morgan fingerprint density at radius 2 is 1.90 bits per heavy atom. The summed E-state index contributed by atoms with van der Waals surface area (Å²) >= 11 is 0. The van der Waals surface area contributed by atoms with E-state index in [1.54, 1.807) is 31.4 Å². The van der Waals surface area contributed by atoms with Gasteiger partial charge in [0.05, 0.1) is 17.6 Å². The molecular formula is C17H21NO3. The number of nitrogens with zero attached hydrogens (tertiary/aromatic N) is 1. The molecule has 1 aromatic rings. The lowest BCUT2D eigenvalue weighted by Crippen LogP contribution is -2.26. The number of hydrogen-bond donors (Lipinski definition) is 0. The molecule has 112 valence electrons. The molecule has 0 saturated heterocycles. The van der Waals surface area contributed by atoms with E-state index in [9.17, 15) is 4.79 Å². The second kappa shape index (κ2) is 7.80. The van der Waals surface area contributed by atoms with Crippen molar-refractivity contribution in [3.8, 4) is 11.8 Å². The first kappa shape index (κ1) is 15.5. The smallest absolute Gasteiger partial charge is 0.314 e. The highest BCUT2D eigenvalue weighted by Crippen LogP contribution is 2.31. The molecule has 21 heavy (non-hydrogen) atoms. The van der Waals surface area contributed by atoms with Gasteiger partial charge in [-0.1, -0.05) is 0 Å². The molecule has 0 aliphatic heterocycles. The highest BCUT2D eigenvalue weighted by atomic mass is 16.5. The number of nitriles is 1. The van der Waals surface area contributed by atoms with Crippen LogP contribution in [0.25, 0.3) is 0 Å². The molecule has 4 heteroatoms. The quantitative estimate of drug-likeness (QED) is 0.616. The molecule has 0 heterocycles. The van der Waals surface area contributed by atoms with E-state index in [4.69, 9.17) is 14.7 Å². The molecule has 1 aromatic carbocycles. The van der Waals surface area contributed by atoms with E-state index in [1.165, 1.54) is 0 Å². The van der Waals surface area contributed by atoms with Gasteiger partial charge in [-0.15, -0.1) is 0 Å². The van der Waals surface area contributed by atoms with Crippen LogP contribution in [0.5, 0.6) is 5.75 Å². The summed E-state index contributed by atoms with van der Waals surface area (Å²) in [6, 6.07) is 8.69. The lowest BCUT2D eigenvalue weighted by molar-refractivity contribution is -0.140. The first-order valence-electron chi connectivity index (χ1n) is 7.43. The Labute approximate surface area is 125 Å². The molecule has 0 unspecified atom stereocenters. The lowest BCUT2D eigenvalue weighted by Gasteiger charge is -2.26. The Morgan fingerprint density at radius 3 is 2.48 bits per heavy atom. The Morgan fingerprint density at radius 1 is 1.24 bits per heavy atom. The minimum atomic E-state index is -0.148. The average Bonchev–Trinajstić information content (AvgIpc) is 2.54. The number of carbonyl (C=O) groups excluding carboxylic acids is 1. The minimum Gasteiger partial charge on any atom is -0.426 e. The van der Waals surface area contributed by atoms with E-state index in [0.29, 0.717) is 17.2 Å². The predicted octanol–water partition coefficient (Wildman–Crippen LogP) is 3.31. The van der Waals surface area contributed by atoms with Crippen LogP contribution in [-0.2, 0) is 9.53 Å². The number of esters is 1. The summed E-state index contributed by atoms with van der Waals surface area (Å²) in [6.07, 6.45) is 4.99. The van der Waals surface area contributed by atoms with Gasteiger partial charge in [0.2, 0.25) is 0 Å². The molecule has 4 nitrogen and oxygen atoms in total. The van der Waals surface area contributed by atoms with Gasteiger partial charge in [0, 0.05) is 13.7 Å². The summed E-state index contributed by atoms with van der Waals surface area (Å²) in [5.74, 6) is 1.04. The summed E-state index contributed by atoms with van der Waals surface area (Å²) in [5.41, 5.74) is 0.563. The van der Waals surface area contributed by atoms with Crippen molar-refractivity contribution in [1.29, 1.82) is 5.26 Å². The van der Waals surface area contributed by atoms with Crippen molar-refractivity contribution < 1.29 is 14.3 Å². The summed E-state index contributed by atoms with van der Waals surface area (Å²) in [7, 11) is 1.72. The van der Waals surface area contributed by atoms with E-state index in [2.05, 4.69) is 0 Å². The molecule has 0 spiro atoms. The van der Waals surface area contributed by atoms with Crippen LogP contribution in [0.4, 0.5) is 0 Å². The second-order valence-corrected chi connectivity index (χ2v) is 5.56. The van der Waals surface area contributed by atoms with Crippen molar-refractivity contribution in [3.05, 3.63) is 29.8 Å². The highest BCUT2D eigenvalue weighted by Gasteiger charge is 2.27. The van der Waals surface area contributed by atoms with E-state index in [1.807, 2.05) is 6.07 Å². The summed E-state index contributed by atoms with van der Waals surface area (Å²) < 4.78 is 10.5. The summed E-state index contributed by atoms with van der Waals surface area (Å²) in [6.45, 7) is 0.797. The SMILES string of the molecule is COCCC1CCC(C(=O)Oc2ccc(C#N)cc2)CC1.